The quantitative estimate of drug-likeness (QED) is 0.754. The summed E-state index contributed by atoms with van der Waals surface area (Å²) in [7, 11) is 6.44. The van der Waals surface area contributed by atoms with Gasteiger partial charge in [0.05, 0.1) is 0 Å². The molecule has 21 heavy (non-hydrogen) atoms. The van der Waals surface area contributed by atoms with Gasteiger partial charge >= 0.3 is 0 Å². The average molecular weight is 291 g/mol. The molecule has 0 saturated heterocycles. The van der Waals surface area contributed by atoms with Gasteiger partial charge in [-0.2, -0.15) is 0 Å². The van der Waals surface area contributed by atoms with Gasteiger partial charge in [-0.3, -0.25) is 0 Å². The normalized spacial score (nSPS) is 11.4. The molecule has 1 aromatic carbocycles. The number of benzene rings is 1. The van der Waals surface area contributed by atoms with E-state index in [1.807, 2.05) is 0 Å². The number of rotatable bonds is 9. The number of hydrogen-bond acceptors (Lipinski definition) is 3. The van der Waals surface area contributed by atoms with E-state index in [0.717, 1.165) is 26.2 Å². The molecular formula is C18H33N3. The summed E-state index contributed by atoms with van der Waals surface area (Å²) in [6, 6.07) is 6.82. The summed E-state index contributed by atoms with van der Waals surface area (Å²) in [5, 5.41) is 3.52. The van der Waals surface area contributed by atoms with E-state index in [1.54, 1.807) is 0 Å². The molecule has 0 aliphatic carbocycles. The Morgan fingerprint density at radius 1 is 1.10 bits per heavy atom. The first kappa shape index (κ1) is 18.0. The van der Waals surface area contributed by atoms with Gasteiger partial charge in [-0.15, -0.1) is 0 Å². The van der Waals surface area contributed by atoms with Crippen molar-refractivity contribution < 1.29 is 0 Å². The largest absolute Gasteiger partial charge is 0.375 e. The first-order valence-electron chi connectivity index (χ1n) is 8.06. The zero-order valence-corrected chi connectivity index (χ0v) is 14.7. The number of anilines is 1. The number of hydrogen-bond donors (Lipinski definition) is 1. The van der Waals surface area contributed by atoms with E-state index in [9.17, 15) is 0 Å². The summed E-state index contributed by atoms with van der Waals surface area (Å²) < 4.78 is 0. The Bertz CT molecular complexity index is 413. The van der Waals surface area contributed by atoms with Crippen molar-refractivity contribution in [1.82, 2.24) is 10.2 Å². The first-order valence-corrected chi connectivity index (χ1v) is 8.06. The fraction of sp³-hybridized carbons (Fsp3) is 0.667. The van der Waals surface area contributed by atoms with Gasteiger partial charge in [0.2, 0.25) is 0 Å². The monoisotopic (exact) mass is 291 g/mol. The molecule has 0 radical (unpaired) electrons. The van der Waals surface area contributed by atoms with Crippen molar-refractivity contribution in [3.63, 3.8) is 0 Å². The molecule has 0 fully saturated rings. The lowest BCUT2D eigenvalue weighted by atomic mass is 10.1. The molecule has 0 aliphatic heterocycles. The van der Waals surface area contributed by atoms with Crippen LogP contribution in [0.5, 0.6) is 0 Å². The number of aryl methyl sites for hydroxylation is 1. The van der Waals surface area contributed by atoms with Crippen molar-refractivity contribution in [2.75, 3.05) is 45.7 Å². The standard InChI is InChI=1S/C18H33N3/c1-15(2)13-19-14-17-8-9-18(12-16(17)3)21(6)11-7-10-20(4)5/h8-9,12,15,19H,7,10-11,13-14H2,1-6H3. The summed E-state index contributed by atoms with van der Waals surface area (Å²) in [6.07, 6.45) is 1.19. The SMILES string of the molecule is Cc1cc(N(C)CCCN(C)C)ccc1CNCC(C)C. The topological polar surface area (TPSA) is 18.5 Å². The minimum Gasteiger partial charge on any atom is -0.375 e. The molecule has 1 N–H and O–H groups in total. The summed E-state index contributed by atoms with van der Waals surface area (Å²) in [5.41, 5.74) is 4.10. The van der Waals surface area contributed by atoms with Gasteiger partial charge in [0, 0.05) is 25.8 Å². The van der Waals surface area contributed by atoms with Gasteiger partial charge in [0.15, 0.2) is 0 Å². The van der Waals surface area contributed by atoms with Crippen molar-refractivity contribution in [2.45, 2.75) is 33.7 Å². The molecule has 0 unspecified atom stereocenters. The molecule has 0 saturated carbocycles. The molecule has 0 aliphatic rings. The maximum Gasteiger partial charge on any atom is 0.0366 e. The second-order valence-electron chi connectivity index (χ2n) is 6.71. The highest BCUT2D eigenvalue weighted by Gasteiger charge is 2.05. The first-order chi connectivity index (χ1) is 9.90. The molecule has 0 atom stereocenters. The molecule has 1 aromatic rings. The van der Waals surface area contributed by atoms with Crippen LogP contribution in [0.2, 0.25) is 0 Å². The van der Waals surface area contributed by atoms with Crippen molar-refractivity contribution in [3.8, 4) is 0 Å². The predicted molar refractivity (Wildman–Crippen MR) is 94.2 cm³/mol. The van der Waals surface area contributed by atoms with Crippen LogP contribution in [0.1, 0.15) is 31.4 Å². The van der Waals surface area contributed by atoms with Crippen LogP contribution in [0, 0.1) is 12.8 Å². The van der Waals surface area contributed by atoms with Crippen LogP contribution >= 0.6 is 0 Å². The summed E-state index contributed by atoms with van der Waals surface area (Å²) in [5.74, 6) is 0.701. The Hall–Kier alpha value is -1.06. The molecule has 3 nitrogen and oxygen atoms in total. The van der Waals surface area contributed by atoms with Crippen molar-refractivity contribution in [2.24, 2.45) is 5.92 Å². The Balaban J connectivity index is 2.52. The van der Waals surface area contributed by atoms with E-state index in [4.69, 9.17) is 0 Å². The van der Waals surface area contributed by atoms with Crippen LogP contribution in [0.25, 0.3) is 0 Å². The Morgan fingerprint density at radius 3 is 2.38 bits per heavy atom. The number of nitrogens with zero attached hydrogens (tertiary/aromatic N) is 2. The van der Waals surface area contributed by atoms with Gasteiger partial charge in [0.1, 0.15) is 0 Å². The van der Waals surface area contributed by atoms with Crippen molar-refractivity contribution >= 4 is 5.69 Å². The van der Waals surface area contributed by atoms with E-state index in [2.05, 4.69) is 75.2 Å². The average Bonchev–Trinajstić information content (AvgIpc) is 2.39. The van der Waals surface area contributed by atoms with Crippen LogP contribution in [0.3, 0.4) is 0 Å². The van der Waals surface area contributed by atoms with Crippen LogP contribution < -0.4 is 10.2 Å². The fourth-order valence-electron chi connectivity index (χ4n) is 2.36. The smallest absolute Gasteiger partial charge is 0.0366 e. The van der Waals surface area contributed by atoms with E-state index < -0.39 is 0 Å². The van der Waals surface area contributed by atoms with Crippen molar-refractivity contribution in [3.05, 3.63) is 29.3 Å². The fourth-order valence-corrected chi connectivity index (χ4v) is 2.36. The van der Waals surface area contributed by atoms with Crippen LogP contribution in [-0.2, 0) is 6.54 Å². The molecule has 0 heterocycles. The second kappa shape index (κ2) is 9.06. The predicted octanol–water partition coefficient (Wildman–Crippen LogP) is 3.13. The van der Waals surface area contributed by atoms with E-state index in [1.165, 1.54) is 23.2 Å². The highest BCUT2D eigenvalue weighted by atomic mass is 15.1. The highest BCUT2D eigenvalue weighted by molar-refractivity contribution is 5.50. The molecular weight excluding hydrogens is 258 g/mol. The van der Waals surface area contributed by atoms with E-state index in [0.29, 0.717) is 5.92 Å². The lowest BCUT2D eigenvalue weighted by Crippen LogP contribution is -2.23. The molecule has 120 valence electrons. The minimum absolute atomic E-state index is 0.701. The lowest BCUT2D eigenvalue weighted by Gasteiger charge is -2.22. The van der Waals surface area contributed by atoms with E-state index in [-0.39, 0.29) is 0 Å². The lowest BCUT2D eigenvalue weighted by molar-refractivity contribution is 0.401. The molecule has 0 bridgehead atoms. The summed E-state index contributed by atoms with van der Waals surface area (Å²) in [6.45, 7) is 11.0. The summed E-state index contributed by atoms with van der Waals surface area (Å²) >= 11 is 0. The van der Waals surface area contributed by atoms with Crippen molar-refractivity contribution in [1.29, 1.82) is 0 Å². The number of nitrogens with one attached hydrogen (secondary N) is 1. The van der Waals surface area contributed by atoms with Gasteiger partial charge < -0.3 is 15.1 Å². The third kappa shape index (κ3) is 6.96. The zero-order chi connectivity index (χ0) is 15.8. The molecule has 1 rings (SSSR count). The maximum absolute atomic E-state index is 3.52. The zero-order valence-electron chi connectivity index (χ0n) is 14.7. The third-order valence-electron chi connectivity index (χ3n) is 3.73. The third-order valence-corrected chi connectivity index (χ3v) is 3.73. The van der Waals surface area contributed by atoms with E-state index >= 15 is 0 Å². The summed E-state index contributed by atoms with van der Waals surface area (Å²) in [4.78, 5) is 4.59. The van der Waals surface area contributed by atoms with Gasteiger partial charge in [-0.1, -0.05) is 19.9 Å². The molecule has 0 aromatic heterocycles. The maximum atomic E-state index is 3.52. The van der Waals surface area contributed by atoms with Gasteiger partial charge in [-0.05, 0) is 69.7 Å². The van der Waals surface area contributed by atoms with Gasteiger partial charge in [-0.25, -0.2) is 0 Å². The Morgan fingerprint density at radius 2 is 1.81 bits per heavy atom. The van der Waals surface area contributed by atoms with Crippen LogP contribution in [0.4, 0.5) is 5.69 Å². The second-order valence-corrected chi connectivity index (χ2v) is 6.71. The van der Waals surface area contributed by atoms with Crippen LogP contribution in [0.15, 0.2) is 18.2 Å². The Kier molecular flexibility index (Phi) is 7.76. The Labute approximate surface area is 131 Å². The van der Waals surface area contributed by atoms with Crippen LogP contribution in [-0.4, -0.2) is 45.7 Å². The molecule has 0 amide bonds. The molecule has 3 heteroatoms. The van der Waals surface area contributed by atoms with Gasteiger partial charge in [0.25, 0.3) is 0 Å². The molecule has 0 spiro atoms. The minimum atomic E-state index is 0.701. The highest BCUT2D eigenvalue weighted by Crippen LogP contribution is 2.18.